The van der Waals surface area contributed by atoms with Gasteiger partial charge in [0.05, 0.1) is 6.61 Å². The smallest absolute Gasteiger partial charge is 0.407 e. The van der Waals surface area contributed by atoms with E-state index in [-0.39, 0.29) is 11.4 Å². The first kappa shape index (κ1) is 12.0. The van der Waals surface area contributed by atoms with E-state index in [1.807, 2.05) is 6.08 Å². The van der Waals surface area contributed by atoms with E-state index in [0.717, 1.165) is 12.8 Å². The molecular weight excluding hydrogens is 222 g/mol. The second-order valence-electron chi connectivity index (χ2n) is 4.92. The summed E-state index contributed by atoms with van der Waals surface area (Å²) in [7, 11) is 0. The van der Waals surface area contributed by atoms with Crippen LogP contribution < -0.4 is 0 Å². The number of hydrogen-bond donors (Lipinski definition) is 1. The number of allylic oxidation sites excluding steroid dienone is 1. The quantitative estimate of drug-likeness (QED) is 0.598. The van der Waals surface area contributed by atoms with Crippen LogP contribution in [0.2, 0.25) is 0 Å². The zero-order valence-electron chi connectivity index (χ0n) is 9.89. The predicted molar refractivity (Wildman–Crippen MR) is 60.5 cm³/mol. The maximum absolute atomic E-state index is 11.1. The van der Waals surface area contributed by atoms with Crippen LogP contribution in [0.4, 0.5) is 4.79 Å². The van der Waals surface area contributed by atoms with Crippen LogP contribution in [0.1, 0.15) is 19.8 Å². The average Bonchev–Trinajstić information content (AvgIpc) is 2.12. The van der Waals surface area contributed by atoms with E-state index in [1.165, 1.54) is 11.0 Å². The van der Waals surface area contributed by atoms with Crippen LogP contribution in [0, 0.1) is 11.3 Å². The Labute approximate surface area is 100 Å². The maximum Gasteiger partial charge on any atom is 0.407 e. The predicted octanol–water partition coefficient (Wildman–Crippen LogP) is 1.50. The number of esters is 1. The van der Waals surface area contributed by atoms with Gasteiger partial charge in [0, 0.05) is 24.6 Å². The summed E-state index contributed by atoms with van der Waals surface area (Å²) in [5, 5.41) is 8.74. The molecule has 5 nitrogen and oxygen atoms in total. The summed E-state index contributed by atoms with van der Waals surface area (Å²) in [4.78, 5) is 23.1. The molecule has 2 fully saturated rings. The van der Waals surface area contributed by atoms with Crippen molar-refractivity contribution in [3.8, 4) is 0 Å². The Hall–Kier alpha value is -1.52. The second kappa shape index (κ2) is 4.39. The lowest BCUT2D eigenvalue weighted by Crippen LogP contribution is -2.63. The van der Waals surface area contributed by atoms with E-state index < -0.39 is 6.09 Å². The fourth-order valence-electron chi connectivity index (χ4n) is 2.75. The van der Waals surface area contributed by atoms with Gasteiger partial charge in [-0.05, 0) is 25.7 Å². The molecule has 0 aromatic rings. The summed E-state index contributed by atoms with van der Waals surface area (Å²) in [5.41, 5.74) is 0.196. The van der Waals surface area contributed by atoms with Crippen LogP contribution in [0.15, 0.2) is 12.2 Å². The minimum Gasteiger partial charge on any atom is -0.465 e. The number of carboxylic acid groups (broad SMARTS) is 1. The molecule has 94 valence electrons. The Morgan fingerprint density at radius 1 is 1.47 bits per heavy atom. The Balaban J connectivity index is 1.70. The summed E-state index contributed by atoms with van der Waals surface area (Å²) in [6.07, 6.45) is 4.49. The molecule has 1 saturated carbocycles. The first-order valence-corrected chi connectivity index (χ1v) is 5.87. The number of nitrogens with zero attached hydrogens (tertiary/aromatic N) is 1. The van der Waals surface area contributed by atoms with Crippen molar-refractivity contribution in [3.63, 3.8) is 0 Å². The van der Waals surface area contributed by atoms with Gasteiger partial charge < -0.3 is 14.7 Å². The second-order valence-corrected chi connectivity index (χ2v) is 4.92. The molecule has 17 heavy (non-hydrogen) atoms. The van der Waals surface area contributed by atoms with Crippen molar-refractivity contribution in [2.24, 2.45) is 11.3 Å². The van der Waals surface area contributed by atoms with Gasteiger partial charge in [0.2, 0.25) is 0 Å². The van der Waals surface area contributed by atoms with E-state index >= 15 is 0 Å². The topological polar surface area (TPSA) is 66.8 Å². The lowest BCUT2D eigenvalue weighted by atomic mass is 9.58. The molecule has 5 heteroatoms. The lowest BCUT2D eigenvalue weighted by molar-refractivity contribution is -0.137. The van der Waals surface area contributed by atoms with Crippen molar-refractivity contribution >= 4 is 12.1 Å². The molecule has 0 aromatic carbocycles. The number of likely N-dealkylation sites (tertiary alicyclic amines) is 1. The molecule has 1 saturated heterocycles. The Morgan fingerprint density at radius 3 is 2.65 bits per heavy atom. The first-order valence-electron chi connectivity index (χ1n) is 5.87. The number of amides is 1. The van der Waals surface area contributed by atoms with Crippen molar-refractivity contribution in [2.75, 3.05) is 19.7 Å². The van der Waals surface area contributed by atoms with E-state index in [2.05, 4.69) is 0 Å². The monoisotopic (exact) mass is 239 g/mol. The molecule has 0 atom stereocenters. The highest BCUT2D eigenvalue weighted by Gasteiger charge is 2.52. The van der Waals surface area contributed by atoms with Crippen molar-refractivity contribution < 1.29 is 19.4 Å². The summed E-state index contributed by atoms with van der Waals surface area (Å²) in [6.45, 7) is 3.46. The molecule has 1 aliphatic heterocycles. The van der Waals surface area contributed by atoms with Gasteiger partial charge in [0.1, 0.15) is 0 Å². The van der Waals surface area contributed by atoms with Gasteiger partial charge in [0.25, 0.3) is 0 Å². The fourth-order valence-corrected chi connectivity index (χ4v) is 2.75. The van der Waals surface area contributed by atoms with Gasteiger partial charge in [-0.15, -0.1) is 0 Å². The van der Waals surface area contributed by atoms with E-state index in [9.17, 15) is 9.59 Å². The molecule has 0 radical (unpaired) electrons. The summed E-state index contributed by atoms with van der Waals surface area (Å²) < 4.78 is 4.79. The molecule has 1 N–H and O–H groups in total. The zero-order chi connectivity index (χ0) is 12.5. The number of ether oxygens (including phenoxy) is 1. The van der Waals surface area contributed by atoms with Gasteiger partial charge in [-0.1, -0.05) is 6.08 Å². The van der Waals surface area contributed by atoms with E-state index in [0.29, 0.717) is 25.6 Å². The van der Waals surface area contributed by atoms with Crippen molar-refractivity contribution in [3.05, 3.63) is 12.2 Å². The molecule has 2 rings (SSSR count). The maximum atomic E-state index is 11.1. The van der Waals surface area contributed by atoms with Gasteiger partial charge in [-0.2, -0.15) is 0 Å². The summed E-state index contributed by atoms with van der Waals surface area (Å²) in [6, 6.07) is 0. The highest BCUT2D eigenvalue weighted by atomic mass is 16.5. The fraction of sp³-hybridized carbons (Fsp3) is 0.667. The van der Waals surface area contributed by atoms with Crippen molar-refractivity contribution in [1.82, 2.24) is 4.90 Å². The number of rotatable bonds is 3. The molecule has 1 amide bonds. The SMILES string of the molecule is CCOC(=O)/C=C/C1CC2(C1)CN(C(=O)O)C2. The summed E-state index contributed by atoms with van der Waals surface area (Å²) >= 11 is 0. The molecule has 1 spiro atoms. The minimum absolute atomic E-state index is 0.196. The number of hydrogen-bond acceptors (Lipinski definition) is 3. The lowest BCUT2D eigenvalue weighted by Gasteiger charge is -2.57. The highest BCUT2D eigenvalue weighted by molar-refractivity contribution is 5.81. The van der Waals surface area contributed by atoms with Crippen LogP contribution in [0.3, 0.4) is 0 Å². The van der Waals surface area contributed by atoms with Crippen molar-refractivity contribution in [1.29, 1.82) is 0 Å². The van der Waals surface area contributed by atoms with Crippen LogP contribution in [0.5, 0.6) is 0 Å². The van der Waals surface area contributed by atoms with Crippen LogP contribution in [-0.2, 0) is 9.53 Å². The largest absolute Gasteiger partial charge is 0.465 e. The zero-order valence-corrected chi connectivity index (χ0v) is 9.89. The van der Waals surface area contributed by atoms with E-state index in [4.69, 9.17) is 9.84 Å². The number of carbonyl (C=O) groups excluding carboxylic acids is 1. The molecule has 1 heterocycles. The molecule has 1 aliphatic carbocycles. The Bertz CT molecular complexity index is 350. The average molecular weight is 239 g/mol. The van der Waals surface area contributed by atoms with Gasteiger partial charge >= 0.3 is 12.1 Å². The third kappa shape index (κ3) is 2.43. The summed E-state index contributed by atoms with van der Waals surface area (Å²) in [5.74, 6) is 0.101. The van der Waals surface area contributed by atoms with Gasteiger partial charge in [-0.3, -0.25) is 0 Å². The van der Waals surface area contributed by atoms with Gasteiger partial charge in [0.15, 0.2) is 0 Å². The highest BCUT2D eigenvalue weighted by Crippen LogP contribution is 2.52. The molecular formula is C12H17NO4. The normalized spacial score (nSPS) is 22.3. The molecule has 0 bridgehead atoms. The van der Waals surface area contributed by atoms with Crippen LogP contribution >= 0.6 is 0 Å². The molecule has 0 unspecified atom stereocenters. The molecule has 0 aromatic heterocycles. The molecule has 2 aliphatic rings. The first-order chi connectivity index (χ1) is 8.04. The van der Waals surface area contributed by atoms with Gasteiger partial charge in [-0.25, -0.2) is 9.59 Å². The van der Waals surface area contributed by atoms with E-state index in [1.54, 1.807) is 6.92 Å². The third-order valence-corrected chi connectivity index (χ3v) is 3.50. The third-order valence-electron chi connectivity index (χ3n) is 3.50. The standard InChI is InChI=1S/C12H17NO4/c1-2-17-10(14)4-3-9-5-12(6-9)7-13(8-12)11(15)16/h3-4,9H,2,5-8H2,1H3,(H,15,16)/b4-3+. The Morgan fingerprint density at radius 2 is 2.12 bits per heavy atom. The minimum atomic E-state index is -0.832. The number of carbonyl (C=O) groups is 2. The van der Waals surface area contributed by atoms with Crippen molar-refractivity contribution in [2.45, 2.75) is 19.8 Å². The van der Waals surface area contributed by atoms with Crippen LogP contribution in [0.25, 0.3) is 0 Å². The van der Waals surface area contributed by atoms with Crippen LogP contribution in [-0.4, -0.2) is 41.8 Å². The Kier molecular flexibility index (Phi) is 3.09.